The van der Waals surface area contributed by atoms with Crippen LogP contribution >= 0.6 is 0 Å². The molecule has 156 valence electrons. The van der Waals surface area contributed by atoms with Gasteiger partial charge in [0.1, 0.15) is 6.10 Å². The Kier molecular flexibility index (Phi) is 4.91. The van der Waals surface area contributed by atoms with Crippen molar-refractivity contribution in [3.8, 4) is 0 Å². The minimum absolute atomic E-state index is 0.115. The molecule has 0 aromatic rings. The number of ether oxygens (including phenoxy) is 2. The van der Waals surface area contributed by atoms with Crippen LogP contribution in [0.4, 0.5) is 9.59 Å². The third kappa shape index (κ3) is 3.53. The molecule has 2 unspecified atom stereocenters. The summed E-state index contributed by atoms with van der Waals surface area (Å²) in [5.74, 6) is 0.825. The van der Waals surface area contributed by atoms with Crippen molar-refractivity contribution in [2.45, 2.75) is 70.6 Å². The molecule has 8 heteroatoms. The van der Waals surface area contributed by atoms with Gasteiger partial charge in [0.25, 0.3) is 0 Å². The maximum atomic E-state index is 12.7. The molecule has 0 spiro atoms. The Morgan fingerprint density at radius 3 is 2.43 bits per heavy atom. The average Bonchev–Trinajstić information content (AvgIpc) is 3.05. The van der Waals surface area contributed by atoms with E-state index < -0.39 is 6.09 Å². The van der Waals surface area contributed by atoms with Crippen molar-refractivity contribution >= 4 is 18.1 Å². The Hall–Kier alpha value is -1.99. The zero-order valence-corrected chi connectivity index (χ0v) is 16.7. The normalized spacial score (nSPS) is 38.5. The Balaban J connectivity index is 1.32. The van der Waals surface area contributed by atoms with Crippen LogP contribution in [0.5, 0.6) is 0 Å². The van der Waals surface area contributed by atoms with Crippen LogP contribution < -0.4 is 11.1 Å². The lowest BCUT2D eigenvalue weighted by molar-refractivity contribution is -0.161. The fourth-order valence-corrected chi connectivity index (χ4v) is 6.12. The number of carbonyl (C=O) groups excluding carboxylic acids is 3. The summed E-state index contributed by atoms with van der Waals surface area (Å²) >= 11 is 0. The molecule has 3 atom stereocenters. The number of primary amides is 1. The molecular weight excluding hydrogens is 362 g/mol. The van der Waals surface area contributed by atoms with Gasteiger partial charge in [0.05, 0.1) is 17.6 Å². The Labute approximate surface area is 165 Å². The summed E-state index contributed by atoms with van der Waals surface area (Å²) in [7, 11) is 0. The summed E-state index contributed by atoms with van der Waals surface area (Å²) in [5, 5.41) is 2.81. The number of alkyl carbamates (subject to hydrolysis) is 1. The van der Waals surface area contributed by atoms with Crippen LogP contribution in [0.1, 0.15) is 52.4 Å². The second kappa shape index (κ2) is 7.12. The van der Waals surface area contributed by atoms with Crippen LogP contribution in [0.15, 0.2) is 0 Å². The van der Waals surface area contributed by atoms with Crippen molar-refractivity contribution in [1.82, 2.24) is 10.2 Å². The van der Waals surface area contributed by atoms with Crippen molar-refractivity contribution in [1.29, 1.82) is 0 Å². The highest BCUT2D eigenvalue weighted by atomic mass is 16.6. The highest BCUT2D eigenvalue weighted by Crippen LogP contribution is 2.60. The van der Waals surface area contributed by atoms with E-state index in [4.69, 9.17) is 15.2 Å². The summed E-state index contributed by atoms with van der Waals surface area (Å²) in [5.41, 5.74) is 5.35. The van der Waals surface area contributed by atoms with Gasteiger partial charge < -0.3 is 25.4 Å². The van der Waals surface area contributed by atoms with Crippen LogP contribution in [-0.2, 0) is 14.3 Å². The number of hydrogen-bond donors (Lipinski definition) is 2. The number of amides is 3. The third-order valence-corrected chi connectivity index (χ3v) is 7.06. The Bertz CT molecular complexity index is 650. The predicted octanol–water partition coefficient (Wildman–Crippen LogP) is 2.01. The van der Waals surface area contributed by atoms with Crippen LogP contribution in [0.25, 0.3) is 0 Å². The van der Waals surface area contributed by atoms with Crippen molar-refractivity contribution in [2.75, 3.05) is 13.1 Å². The van der Waals surface area contributed by atoms with Crippen LogP contribution in [0.3, 0.4) is 0 Å². The fraction of sp³-hybridized carbons (Fsp3) is 0.850. The molecule has 5 fully saturated rings. The van der Waals surface area contributed by atoms with E-state index in [0.717, 1.165) is 32.1 Å². The number of nitrogens with two attached hydrogens (primary N) is 1. The van der Waals surface area contributed by atoms with Gasteiger partial charge in [-0.2, -0.15) is 0 Å². The minimum atomic E-state index is -0.451. The molecule has 3 N–H and O–H groups in total. The van der Waals surface area contributed by atoms with Crippen molar-refractivity contribution in [2.24, 2.45) is 28.9 Å². The highest BCUT2D eigenvalue weighted by Gasteiger charge is 2.59. The topological polar surface area (TPSA) is 111 Å². The standard InChI is InChI=1S/C20H31N3O5/c1-11(2)27-18(25)22-15-3-4-23(10-15)19(26)28-16-13-5-12-6-14(16)9-20(7-12,8-13)17(21)24/h11-16H,3-10H2,1-2H3,(H2,21,24)(H,22,25)/t12?,13?,14?,15-,16?,20?/m1/s1. The summed E-state index contributed by atoms with van der Waals surface area (Å²) in [6, 6.07) is -0.115. The molecule has 4 bridgehead atoms. The second-order valence-corrected chi connectivity index (χ2v) is 9.49. The first kappa shape index (κ1) is 19.3. The van der Waals surface area contributed by atoms with Crippen molar-refractivity contribution in [3.63, 3.8) is 0 Å². The fourth-order valence-electron chi connectivity index (χ4n) is 6.12. The molecule has 5 rings (SSSR count). The lowest BCUT2D eigenvalue weighted by Gasteiger charge is -2.58. The van der Waals surface area contributed by atoms with Crippen molar-refractivity contribution < 1.29 is 23.9 Å². The second-order valence-electron chi connectivity index (χ2n) is 9.49. The predicted molar refractivity (Wildman–Crippen MR) is 100 cm³/mol. The average molecular weight is 393 g/mol. The van der Waals surface area contributed by atoms with Crippen LogP contribution in [0.2, 0.25) is 0 Å². The quantitative estimate of drug-likeness (QED) is 0.759. The molecule has 4 aliphatic carbocycles. The summed E-state index contributed by atoms with van der Waals surface area (Å²) in [6.45, 7) is 4.58. The minimum Gasteiger partial charge on any atom is -0.447 e. The van der Waals surface area contributed by atoms with E-state index >= 15 is 0 Å². The molecule has 0 aromatic heterocycles. The summed E-state index contributed by atoms with van der Waals surface area (Å²) in [6.07, 6.45) is 4.08. The molecule has 28 heavy (non-hydrogen) atoms. The van der Waals surface area contributed by atoms with Crippen LogP contribution in [-0.4, -0.2) is 54.3 Å². The lowest BCUT2D eigenvalue weighted by Crippen LogP contribution is -2.59. The molecule has 0 radical (unpaired) electrons. The number of nitrogens with zero attached hydrogens (tertiary/aromatic N) is 1. The SMILES string of the molecule is CC(C)OC(=O)N[C@@H]1CCN(C(=O)OC2C3CC4CC2CC(C(N)=O)(C4)C3)C1. The lowest BCUT2D eigenvalue weighted by atomic mass is 9.48. The number of rotatable bonds is 4. The first-order valence-electron chi connectivity index (χ1n) is 10.5. The van der Waals surface area contributed by atoms with Gasteiger partial charge in [0.15, 0.2) is 0 Å². The number of carbonyl (C=O) groups is 3. The van der Waals surface area contributed by atoms with Gasteiger partial charge in [0.2, 0.25) is 5.91 Å². The van der Waals surface area contributed by atoms with Gasteiger partial charge in [-0.05, 0) is 70.1 Å². The molecule has 1 aliphatic heterocycles. The summed E-state index contributed by atoms with van der Waals surface area (Å²) in [4.78, 5) is 38.2. The number of likely N-dealkylation sites (tertiary alicyclic amines) is 1. The number of hydrogen-bond acceptors (Lipinski definition) is 5. The van der Waals surface area contributed by atoms with Crippen LogP contribution in [0, 0.1) is 23.2 Å². The zero-order valence-electron chi connectivity index (χ0n) is 16.7. The number of nitrogens with one attached hydrogen (secondary N) is 1. The van der Waals surface area contributed by atoms with Gasteiger partial charge in [-0.3, -0.25) is 4.79 Å². The van der Waals surface area contributed by atoms with E-state index in [0.29, 0.717) is 25.4 Å². The van der Waals surface area contributed by atoms with E-state index in [-0.39, 0.29) is 47.5 Å². The molecule has 5 aliphatic rings. The van der Waals surface area contributed by atoms with E-state index in [1.54, 1.807) is 18.7 Å². The van der Waals surface area contributed by atoms with E-state index in [9.17, 15) is 14.4 Å². The first-order valence-corrected chi connectivity index (χ1v) is 10.5. The Morgan fingerprint density at radius 1 is 1.14 bits per heavy atom. The maximum Gasteiger partial charge on any atom is 0.410 e. The van der Waals surface area contributed by atoms with Crippen molar-refractivity contribution in [3.05, 3.63) is 0 Å². The third-order valence-electron chi connectivity index (χ3n) is 7.06. The molecule has 0 aromatic carbocycles. The smallest absolute Gasteiger partial charge is 0.410 e. The zero-order chi connectivity index (χ0) is 20.1. The molecular formula is C20H31N3O5. The van der Waals surface area contributed by atoms with E-state index in [1.807, 2.05) is 0 Å². The van der Waals surface area contributed by atoms with Gasteiger partial charge in [-0.25, -0.2) is 9.59 Å². The van der Waals surface area contributed by atoms with Gasteiger partial charge in [-0.15, -0.1) is 0 Å². The van der Waals surface area contributed by atoms with Gasteiger partial charge in [0, 0.05) is 13.1 Å². The molecule has 1 saturated heterocycles. The Morgan fingerprint density at radius 2 is 1.82 bits per heavy atom. The molecule has 4 saturated carbocycles. The largest absolute Gasteiger partial charge is 0.447 e. The highest BCUT2D eigenvalue weighted by molar-refractivity contribution is 5.81. The van der Waals surface area contributed by atoms with Gasteiger partial charge in [-0.1, -0.05) is 0 Å². The molecule has 1 heterocycles. The summed E-state index contributed by atoms with van der Waals surface area (Å²) < 4.78 is 11.0. The molecule has 3 amide bonds. The monoisotopic (exact) mass is 393 g/mol. The molecule has 8 nitrogen and oxygen atoms in total. The van der Waals surface area contributed by atoms with Gasteiger partial charge >= 0.3 is 12.2 Å². The van der Waals surface area contributed by atoms with E-state index in [2.05, 4.69) is 5.32 Å². The maximum absolute atomic E-state index is 12.7. The van der Waals surface area contributed by atoms with E-state index in [1.165, 1.54) is 0 Å². The first-order chi connectivity index (χ1) is 13.3.